The molecule has 4 rings (SSSR count). The molecule has 1 aliphatic carbocycles. The zero-order valence-corrected chi connectivity index (χ0v) is 16.2. The van der Waals surface area contributed by atoms with Crippen molar-refractivity contribution in [2.45, 2.75) is 38.1 Å². The van der Waals surface area contributed by atoms with Gasteiger partial charge in [0.25, 0.3) is 11.7 Å². The molecule has 7 nitrogen and oxygen atoms in total. The lowest BCUT2D eigenvalue weighted by Crippen LogP contribution is -2.56. The molecule has 1 aromatic carbocycles. The highest BCUT2D eigenvalue weighted by atomic mass is 35.5. The van der Waals surface area contributed by atoms with Crippen LogP contribution in [0, 0.1) is 13.8 Å². The largest absolute Gasteiger partial charge is 0.346 e. The molecule has 27 heavy (non-hydrogen) atoms. The van der Waals surface area contributed by atoms with Crippen molar-refractivity contribution < 1.29 is 4.79 Å². The van der Waals surface area contributed by atoms with Crippen LogP contribution in [0.15, 0.2) is 36.4 Å². The molecule has 1 aliphatic rings. The van der Waals surface area contributed by atoms with E-state index >= 15 is 0 Å². The van der Waals surface area contributed by atoms with Gasteiger partial charge in [-0.05, 0) is 38.3 Å². The maximum Gasteiger partial charge on any atom is 0.291 e. The summed E-state index contributed by atoms with van der Waals surface area (Å²) >= 11 is 0. The van der Waals surface area contributed by atoms with Crippen LogP contribution in [0.25, 0.3) is 5.78 Å². The number of amides is 1. The van der Waals surface area contributed by atoms with E-state index in [1.807, 2.05) is 38.1 Å². The van der Waals surface area contributed by atoms with Crippen LogP contribution in [0.5, 0.6) is 0 Å². The summed E-state index contributed by atoms with van der Waals surface area (Å²) in [6.45, 7) is 4.38. The molecule has 8 heteroatoms. The zero-order chi connectivity index (χ0) is 18.3. The Balaban J connectivity index is 0.00000210. The molecule has 0 spiro atoms. The number of hydrogen-bond acceptors (Lipinski definition) is 5. The first-order chi connectivity index (χ1) is 12.5. The lowest BCUT2D eigenvalue weighted by atomic mass is 9.61. The van der Waals surface area contributed by atoms with Crippen molar-refractivity contribution >= 4 is 24.1 Å². The molecule has 0 saturated heterocycles. The fourth-order valence-electron chi connectivity index (χ4n) is 3.81. The molecule has 0 bridgehead atoms. The summed E-state index contributed by atoms with van der Waals surface area (Å²) in [6.07, 6.45) is 1.64. The molecule has 0 aliphatic heterocycles. The Morgan fingerprint density at radius 1 is 1.26 bits per heavy atom. The van der Waals surface area contributed by atoms with E-state index in [2.05, 4.69) is 32.5 Å². The van der Waals surface area contributed by atoms with Crippen molar-refractivity contribution in [3.63, 3.8) is 0 Å². The third-order valence-electron chi connectivity index (χ3n) is 5.21. The average molecular weight is 387 g/mol. The molecule has 1 amide bonds. The molecular weight excluding hydrogens is 364 g/mol. The number of carbonyl (C=O) groups is 1. The van der Waals surface area contributed by atoms with Gasteiger partial charge in [-0.2, -0.15) is 4.98 Å². The van der Waals surface area contributed by atoms with Crippen molar-refractivity contribution in [3.8, 4) is 0 Å². The Hall–Kier alpha value is -2.51. The summed E-state index contributed by atoms with van der Waals surface area (Å²) in [5.41, 5.74) is 8.96. The number of carbonyl (C=O) groups excluding carboxylic acids is 1. The molecule has 0 atom stereocenters. The number of fused-ring (bicyclic) bond motifs is 1. The Bertz CT molecular complexity index is 965. The summed E-state index contributed by atoms with van der Waals surface area (Å²) in [7, 11) is 0. The Kier molecular flexibility index (Phi) is 5.17. The summed E-state index contributed by atoms with van der Waals surface area (Å²) in [4.78, 5) is 21.1. The van der Waals surface area contributed by atoms with Gasteiger partial charge in [-0.25, -0.2) is 9.50 Å². The number of nitrogens with two attached hydrogens (primary N) is 1. The third kappa shape index (κ3) is 3.40. The number of benzene rings is 1. The normalized spacial score (nSPS) is 21.4. The fraction of sp³-hybridized carbons (Fsp3) is 0.368. The number of hydrogen-bond donors (Lipinski definition) is 2. The number of rotatable bonds is 4. The quantitative estimate of drug-likeness (QED) is 0.714. The Labute approximate surface area is 163 Å². The van der Waals surface area contributed by atoms with Gasteiger partial charge in [-0.3, -0.25) is 4.79 Å². The fourth-order valence-corrected chi connectivity index (χ4v) is 3.81. The van der Waals surface area contributed by atoms with Crippen LogP contribution in [0.3, 0.4) is 0 Å². The summed E-state index contributed by atoms with van der Waals surface area (Å²) in [6, 6.07) is 12.2. The van der Waals surface area contributed by atoms with Crippen LogP contribution in [0.4, 0.5) is 0 Å². The topological polar surface area (TPSA) is 98.2 Å². The molecule has 2 heterocycles. The van der Waals surface area contributed by atoms with E-state index < -0.39 is 0 Å². The van der Waals surface area contributed by atoms with E-state index in [4.69, 9.17) is 5.73 Å². The first kappa shape index (κ1) is 19.3. The lowest BCUT2D eigenvalue weighted by Gasteiger charge is -2.47. The molecule has 1 saturated carbocycles. The van der Waals surface area contributed by atoms with E-state index in [-0.39, 0.29) is 35.6 Å². The van der Waals surface area contributed by atoms with Gasteiger partial charge in [0, 0.05) is 29.4 Å². The minimum Gasteiger partial charge on any atom is -0.346 e. The van der Waals surface area contributed by atoms with E-state index in [0.29, 0.717) is 12.3 Å². The summed E-state index contributed by atoms with van der Waals surface area (Å²) < 4.78 is 1.59. The standard InChI is InChI=1S/C19H22N6O.ClH/c1-12-8-13(2)25-18(21-12)23-16(24-25)17(26)22-15-9-19(10-15,11-20)14-6-4-3-5-7-14;/h3-8,15H,9-11,20H2,1-2H3,(H,22,26);1H. The molecule has 0 radical (unpaired) electrons. The second-order valence-electron chi connectivity index (χ2n) is 7.12. The average Bonchev–Trinajstić information content (AvgIpc) is 3.03. The van der Waals surface area contributed by atoms with E-state index in [9.17, 15) is 4.79 Å². The number of nitrogens with zero attached hydrogens (tertiary/aromatic N) is 4. The molecule has 3 aromatic rings. The maximum atomic E-state index is 12.5. The first-order valence-corrected chi connectivity index (χ1v) is 8.78. The van der Waals surface area contributed by atoms with Gasteiger partial charge in [0.05, 0.1) is 0 Å². The van der Waals surface area contributed by atoms with Gasteiger partial charge in [-0.15, -0.1) is 17.5 Å². The third-order valence-corrected chi connectivity index (χ3v) is 5.21. The predicted octanol–water partition coefficient (Wildman–Crippen LogP) is 1.95. The van der Waals surface area contributed by atoms with Crippen LogP contribution < -0.4 is 11.1 Å². The zero-order valence-electron chi connectivity index (χ0n) is 15.3. The van der Waals surface area contributed by atoms with Gasteiger partial charge >= 0.3 is 0 Å². The van der Waals surface area contributed by atoms with E-state index in [1.54, 1.807) is 4.52 Å². The highest BCUT2D eigenvalue weighted by Gasteiger charge is 2.45. The van der Waals surface area contributed by atoms with Gasteiger partial charge in [0.15, 0.2) is 0 Å². The maximum absolute atomic E-state index is 12.5. The second-order valence-corrected chi connectivity index (χ2v) is 7.12. The van der Waals surface area contributed by atoms with E-state index in [1.165, 1.54) is 5.56 Å². The lowest BCUT2D eigenvalue weighted by molar-refractivity contribution is 0.0856. The monoisotopic (exact) mass is 386 g/mol. The van der Waals surface area contributed by atoms with Gasteiger partial charge < -0.3 is 11.1 Å². The molecule has 3 N–H and O–H groups in total. The predicted molar refractivity (Wildman–Crippen MR) is 105 cm³/mol. The molecule has 0 unspecified atom stereocenters. The smallest absolute Gasteiger partial charge is 0.291 e. The number of aryl methyl sites for hydroxylation is 2. The highest BCUT2D eigenvalue weighted by Crippen LogP contribution is 2.43. The number of halogens is 1. The van der Waals surface area contributed by atoms with Crippen molar-refractivity contribution in [2.75, 3.05) is 6.54 Å². The van der Waals surface area contributed by atoms with Gasteiger partial charge in [0.2, 0.25) is 5.82 Å². The second kappa shape index (κ2) is 7.25. The minimum atomic E-state index is -0.267. The minimum absolute atomic E-state index is 0. The van der Waals surface area contributed by atoms with Crippen LogP contribution in [-0.2, 0) is 5.41 Å². The van der Waals surface area contributed by atoms with Crippen molar-refractivity contribution in [2.24, 2.45) is 5.73 Å². The van der Waals surface area contributed by atoms with Crippen molar-refractivity contribution in [1.82, 2.24) is 24.9 Å². The summed E-state index contributed by atoms with van der Waals surface area (Å²) in [5, 5.41) is 7.31. The number of aromatic nitrogens is 4. The Morgan fingerprint density at radius 3 is 2.63 bits per heavy atom. The van der Waals surface area contributed by atoms with Crippen LogP contribution in [0.1, 0.15) is 40.4 Å². The van der Waals surface area contributed by atoms with Crippen molar-refractivity contribution in [1.29, 1.82) is 0 Å². The summed E-state index contributed by atoms with van der Waals surface area (Å²) in [5.74, 6) is 0.328. The molecular formula is C19H23ClN6O. The van der Waals surface area contributed by atoms with E-state index in [0.717, 1.165) is 24.2 Å². The molecule has 1 fully saturated rings. The van der Waals surface area contributed by atoms with Crippen LogP contribution >= 0.6 is 12.4 Å². The van der Waals surface area contributed by atoms with Crippen molar-refractivity contribution in [3.05, 3.63) is 59.2 Å². The van der Waals surface area contributed by atoms with Crippen LogP contribution in [0.2, 0.25) is 0 Å². The first-order valence-electron chi connectivity index (χ1n) is 8.78. The number of nitrogens with one attached hydrogen (secondary N) is 1. The highest BCUT2D eigenvalue weighted by molar-refractivity contribution is 5.91. The Morgan fingerprint density at radius 2 is 1.96 bits per heavy atom. The van der Waals surface area contributed by atoms with Crippen LogP contribution in [-0.4, -0.2) is 38.1 Å². The molecule has 2 aromatic heterocycles. The SMILES string of the molecule is Cc1cc(C)n2nc(C(=O)NC3CC(CN)(c4ccccc4)C3)nc2n1.Cl. The molecule has 142 valence electrons. The van der Waals surface area contributed by atoms with Gasteiger partial charge in [0.1, 0.15) is 0 Å². The van der Waals surface area contributed by atoms with Gasteiger partial charge in [-0.1, -0.05) is 30.3 Å².